The number of hydrogen-bond donors (Lipinski definition) is 19. The number of unbranched alkanes of at least 4 members (excludes halogenated alkanes) is 2. The van der Waals surface area contributed by atoms with Gasteiger partial charge in [0.1, 0.15) is 72.2 Å². The number of thioether (sulfide) groups is 1. The van der Waals surface area contributed by atoms with E-state index in [0.29, 0.717) is 64.3 Å². The van der Waals surface area contributed by atoms with Gasteiger partial charge < -0.3 is 120 Å². The number of guanidine groups is 1. The Hall–Kier alpha value is -12.9. The van der Waals surface area contributed by atoms with Crippen molar-refractivity contribution in [1.29, 1.82) is 5.41 Å². The quantitative estimate of drug-likeness (QED) is 0.0174. The van der Waals surface area contributed by atoms with Crippen LogP contribution in [-0.4, -0.2) is 296 Å². The summed E-state index contributed by atoms with van der Waals surface area (Å²) < 4.78 is 5.76. The number of rotatable bonds is 24. The number of amides is 16. The summed E-state index contributed by atoms with van der Waals surface area (Å²) in [7, 11) is 4.12. The van der Waals surface area contributed by atoms with Crippen molar-refractivity contribution in [2.45, 2.75) is 216 Å². The van der Waals surface area contributed by atoms with Crippen molar-refractivity contribution in [3.05, 3.63) is 108 Å². The van der Waals surface area contributed by atoms with E-state index in [-0.39, 0.29) is 119 Å². The van der Waals surface area contributed by atoms with Crippen LogP contribution in [0.1, 0.15) is 134 Å². The van der Waals surface area contributed by atoms with Crippen LogP contribution in [0.2, 0.25) is 0 Å². The zero-order valence-corrected chi connectivity index (χ0v) is 74.7. The zero-order chi connectivity index (χ0) is 93.9. The molecule has 6 aromatic rings. The van der Waals surface area contributed by atoms with Gasteiger partial charge >= 0.3 is 0 Å². The van der Waals surface area contributed by atoms with Gasteiger partial charge in [0.2, 0.25) is 88.6 Å². The molecule has 2 aromatic carbocycles. The largest absolute Gasteiger partial charge is 0.467 e. The first kappa shape index (κ1) is 99.8. The molecular weight excluding hydrogens is 1690 g/mol. The Kier molecular flexibility index (Phi) is 37.0. The van der Waals surface area contributed by atoms with Gasteiger partial charge in [0.15, 0.2) is 5.96 Å². The summed E-state index contributed by atoms with van der Waals surface area (Å²) >= 11 is 0.931. The highest BCUT2D eigenvalue weighted by Crippen LogP contribution is 2.32. The van der Waals surface area contributed by atoms with Crippen LogP contribution >= 0.6 is 11.8 Å². The summed E-state index contributed by atoms with van der Waals surface area (Å²) in [6, 6.07) is -2.63. The monoisotopic (exact) mass is 1810 g/mol. The number of aliphatic hydroxyl groups excluding tert-OH is 1. The van der Waals surface area contributed by atoms with Crippen molar-refractivity contribution in [3.8, 4) is 0 Å². The Morgan fingerprint density at radius 2 is 1.23 bits per heavy atom. The third-order valence-corrected chi connectivity index (χ3v) is 24.0. The number of aliphatic hydroxyl groups is 1. The molecule has 0 saturated carbocycles. The van der Waals surface area contributed by atoms with Crippen LogP contribution < -0.4 is 80.6 Å². The summed E-state index contributed by atoms with van der Waals surface area (Å²) in [5.41, 5.74) is 19.7. The van der Waals surface area contributed by atoms with Gasteiger partial charge in [-0.3, -0.25) is 87.0 Å². The maximum absolute atomic E-state index is 15.7. The molecule has 2 saturated heterocycles. The van der Waals surface area contributed by atoms with Crippen LogP contribution in [0.25, 0.3) is 21.8 Å². The highest BCUT2D eigenvalue weighted by molar-refractivity contribution is 8.00. The lowest BCUT2D eigenvalue weighted by Crippen LogP contribution is -2.61. The van der Waals surface area contributed by atoms with E-state index >= 15 is 24.0 Å². The Morgan fingerprint density at radius 1 is 0.628 bits per heavy atom. The third-order valence-electron chi connectivity index (χ3n) is 23.0. The van der Waals surface area contributed by atoms with Crippen molar-refractivity contribution in [2.75, 3.05) is 76.9 Å². The summed E-state index contributed by atoms with van der Waals surface area (Å²) in [5, 5.41) is 50.5. The number of furan rings is 1. The van der Waals surface area contributed by atoms with E-state index in [9.17, 15) is 57.8 Å². The predicted molar refractivity (Wildman–Crippen MR) is 476 cm³/mol. The average Bonchev–Trinajstić information content (AvgIpc) is 1.70. The van der Waals surface area contributed by atoms with Gasteiger partial charge in [-0.25, -0.2) is 4.98 Å². The first-order valence-corrected chi connectivity index (χ1v) is 44.6. The number of carbonyl (C=O) groups is 16. The van der Waals surface area contributed by atoms with Gasteiger partial charge in [0.25, 0.3) is 5.91 Å². The maximum Gasteiger partial charge on any atom is 0.250 e. The van der Waals surface area contributed by atoms with Gasteiger partial charge in [-0.2, -0.15) is 0 Å². The summed E-state index contributed by atoms with van der Waals surface area (Å²) in [6.45, 7) is 6.17. The number of benzene rings is 2. The fourth-order valence-corrected chi connectivity index (χ4v) is 17.0. The Balaban J connectivity index is 1.07. The molecule has 0 spiro atoms. The number of aromatic amines is 3. The van der Waals surface area contributed by atoms with E-state index in [2.05, 4.69) is 78.4 Å². The molecule has 3 aliphatic rings. The molecule has 16 amide bonds. The fourth-order valence-electron chi connectivity index (χ4n) is 16.1. The van der Waals surface area contributed by atoms with Crippen LogP contribution in [-0.2, 0) is 102 Å². The van der Waals surface area contributed by atoms with E-state index in [1.54, 1.807) is 74.8 Å². The van der Waals surface area contributed by atoms with E-state index in [1.807, 2.05) is 13.8 Å². The fraction of sp³-hybridized carbons (Fsp3) is 0.535. The minimum atomic E-state index is -1.82. The van der Waals surface area contributed by atoms with E-state index in [0.717, 1.165) is 26.5 Å². The lowest BCUT2D eigenvalue weighted by Gasteiger charge is -2.36. The number of aromatic nitrogens is 4. The van der Waals surface area contributed by atoms with E-state index in [4.69, 9.17) is 27.0 Å². The van der Waals surface area contributed by atoms with Crippen molar-refractivity contribution in [3.63, 3.8) is 0 Å². The molecule has 0 radical (unpaired) electrons. The number of H-pyrrole nitrogens is 3. The average molecular weight is 1810 g/mol. The number of imidazole rings is 1. The molecule has 0 aliphatic carbocycles. The van der Waals surface area contributed by atoms with E-state index < -0.39 is 205 Å². The van der Waals surface area contributed by atoms with Crippen LogP contribution in [0.4, 0.5) is 5.69 Å². The summed E-state index contributed by atoms with van der Waals surface area (Å²) in [6.07, 6.45) is 8.35. The molecule has 2 bridgehead atoms. The van der Waals surface area contributed by atoms with Gasteiger partial charge in [0.05, 0.1) is 56.2 Å². The van der Waals surface area contributed by atoms with Gasteiger partial charge in [-0.05, 0) is 81.0 Å². The smallest absolute Gasteiger partial charge is 0.250 e. The molecule has 7 heterocycles. The van der Waals surface area contributed by atoms with Crippen LogP contribution in [0.5, 0.6) is 0 Å². The zero-order valence-electron chi connectivity index (χ0n) is 73.8. The van der Waals surface area contributed by atoms with Crippen molar-refractivity contribution < 1.29 is 86.2 Å². The molecule has 3 aliphatic heterocycles. The first-order valence-electron chi connectivity index (χ1n) is 43.4. The highest BCUT2D eigenvalue weighted by Gasteiger charge is 2.46. The molecule has 13 atom stereocenters. The normalized spacial score (nSPS) is 24.1. The second-order valence-corrected chi connectivity index (χ2v) is 34.2. The Labute approximate surface area is 750 Å². The molecule has 129 heavy (non-hydrogen) atoms. The third kappa shape index (κ3) is 27.6. The molecule has 4 aromatic heterocycles. The molecule has 22 N–H and O–H groups in total. The lowest BCUT2D eigenvalue weighted by atomic mass is 10.00. The minimum Gasteiger partial charge on any atom is -0.467 e. The number of nitrogens with zero attached hydrogens (tertiary/aromatic N) is 6. The van der Waals surface area contributed by atoms with Gasteiger partial charge in [-0.1, -0.05) is 89.8 Å². The molecule has 0 unspecified atom stereocenters. The lowest BCUT2D eigenvalue weighted by molar-refractivity contribution is -0.149. The first-order chi connectivity index (χ1) is 61.6. The molecule has 43 heteroatoms. The van der Waals surface area contributed by atoms with Crippen molar-refractivity contribution in [1.82, 2.24) is 98.0 Å². The number of anilines is 1. The molecule has 9 rings (SSSR count). The number of nitrogens with one attached hydrogen (secondary N) is 15. The van der Waals surface area contributed by atoms with Gasteiger partial charge in [0, 0.05) is 130 Å². The van der Waals surface area contributed by atoms with Crippen LogP contribution in [0, 0.1) is 11.3 Å². The summed E-state index contributed by atoms with van der Waals surface area (Å²) in [4.78, 5) is 252. The van der Waals surface area contributed by atoms with Crippen molar-refractivity contribution >= 4 is 140 Å². The Morgan fingerprint density at radius 3 is 1.85 bits per heavy atom. The number of fused-ring (bicyclic) bond motifs is 7. The van der Waals surface area contributed by atoms with Crippen LogP contribution in [0.15, 0.2) is 90.2 Å². The number of primary amides is 2. The van der Waals surface area contributed by atoms with E-state index in [1.165, 1.54) is 62.7 Å². The standard InChI is InChI=1S/C86H122N24O18S/c1-9-11-24-66-79(121)98-51(19-17-28-92-86(89)90)40-95-64(75(117)96-41-71(88)113)44-129-45-73(115)100-61-35-69-65(27-30-128-69)110(84(61)126)48(5)74(116)102-62(36-70(87)112)83(125)109-29-18-26-67(109)80(122)101-58(34-52-39-91-46-97-52)77(119)103-59(31-47(3)4)81(123)106(6)42-72(114)99-57(32-49-37-93-55-22-15-13-20-53(49)55)76(118)105-63(43-111)78(120)104-60(33-50-38-94-56-23-16-14-21-54(50)56)82(124)108(8)68(25-12-10-2)85(127)107(66)7/h13-16,20-23,27,30,37-39,46-48,51,57-64,66-68,93-95,111H,9-12,17-19,24-26,28-29,31-36,40-45H2,1-8H3,(H2,87,112)(H2,88,113)(H,91,97)(H,96,117)(H,98,121)(H,99,114)(H,100,115)(H,101,122)(H,102,116)(H,103,119)(H,104,120)(H,105,118)(H4,89,90,92)/t48-,51-,57-,58-,59-,60-,61-,62-,63-,64-,66-,67-,68-/m0/s1. The second kappa shape index (κ2) is 47.8. The predicted octanol–water partition coefficient (Wildman–Crippen LogP) is -2.18. The number of para-hydroxylation sites is 2. The molecule has 700 valence electrons. The number of nitrogens with two attached hydrogens (primary N) is 3. The minimum absolute atomic E-state index is 0.0185. The SMILES string of the molecule is CCCC[C@H]1C(=O)N(C)[C@@H](CCCC)C(=O)N[C@@H](CCCNC(=N)N)CN[C@H](C(=O)NCC(N)=O)CSCC(=O)N[C@H]2Cc3occc3N(C2=O)[C@@H](C)C(=O)N[C@@H](CC(N)=O)C(=O)N2CCC[C@H]2C(=O)N[C@@H](Cc2cnc[nH]2)C(=O)N[C@@H](CC(C)C)C(=O)N(C)CC(=O)N[C@@H](Cc2c[nH]c3ccccc23)C(=O)N[C@@H](CO)C(=O)N[C@@H](Cc2c[nH]c3ccccc23)C(=O)N1C. The molecule has 2 fully saturated rings. The van der Waals surface area contributed by atoms with Crippen molar-refractivity contribution in [2.24, 2.45) is 23.1 Å². The van der Waals surface area contributed by atoms with Gasteiger partial charge in [-0.15, -0.1) is 11.8 Å². The second-order valence-electron chi connectivity index (χ2n) is 33.2. The number of hydrogen-bond acceptors (Lipinski definition) is 22. The maximum atomic E-state index is 15.7. The van der Waals surface area contributed by atoms with Crippen LogP contribution in [0.3, 0.4) is 0 Å². The Bertz CT molecular complexity index is 4980. The molecular formula is C86H122N24O18S. The highest BCUT2D eigenvalue weighted by atomic mass is 32.2. The molecule has 42 nitrogen and oxygen atoms in total. The number of likely N-dealkylation sites (N-methyl/N-ethyl adjacent to an activating group) is 3. The topological polar surface area (TPSA) is 617 Å². The number of carbonyl (C=O) groups excluding carboxylic acids is 16. The summed E-state index contributed by atoms with van der Waals surface area (Å²) in [5.74, 6) is -14.7.